The van der Waals surface area contributed by atoms with Gasteiger partial charge in [-0.2, -0.15) is 0 Å². The number of quaternary nitrogens is 1. The average Bonchev–Trinajstić information content (AvgIpc) is 2.08. The molecular formula is C9H21N2+. The lowest BCUT2D eigenvalue weighted by Crippen LogP contribution is -2.39. The molecule has 1 rings (SSSR count). The molecule has 0 aromatic heterocycles. The fourth-order valence-corrected chi connectivity index (χ4v) is 1.76. The number of rotatable bonds is 2. The molecule has 1 heterocycles. The fourth-order valence-electron chi connectivity index (χ4n) is 1.76. The summed E-state index contributed by atoms with van der Waals surface area (Å²) in [5.41, 5.74) is 0. The van der Waals surface area contributed by atoms with E-state index in [2.05, 4.69) is 32.8 Å². The highest BCUT2D eigenvalue weighted by Crippen LogP contribution is 2.11. The molecular weight excluding hydrogens is 136 g/mol. The molecule has 0 unspecified atom stereocenters. The summed E-state index contributed by atoms with van der Waals surface area (Å²) in [5.74, 6) is 0.813. The maximum absolute atomic E-state index is 2.56. The summed E-state index contributed by atoms with van der Waals surface area (Å²) < 4.78 is 1.17. The van der Waals surface area contributed by atoms with E-state index in [-0.39, 0.29) is 0 Å². The third-order valence-corrected chi connectivity index (χ3v) is 2.23. The Bertz CT molecular complexity index is 130. The lowest BCUT2D eigenvalue weighted by atomic mass is 10.2. The Morgan fingerprint density at radius 3 is 2.36 bits per heavy atom. The molecule has 0 amide bonds. The molecule has 66 valence electrons. The second-order valence-electron chi connectivity index (χ2n) is 4.77. The van der Waals surface area contributed by atoms with E-state index < -0.39 is 0 Å². The Kier molecular flexibility index (Phi) is 2.55. The first-order valence-corrected chi connectivity index (χ1v) is 4.54. The predicted molar refractivity (Wildman–Crippen MR) is 48.3 cm³/mol. The third kappa shape index (κ3) is 2.80. The van der Waals surface area contributed by atoms with E-state index in [1.165, 1.54) is 30.8 Å². The molecule has 11 heavy (non-hydrogen) atoms. The Morgan fingerprint density at radius 1 is 1.36 bits per heavy atom. The van der Waals surface area contributed by atoms with Gasteiger partial charge in [-0.1, -0.05) is 13.8 Å². The fraction of sp³-hybridized carbons (Fsp3) is 1.00. The van der Waals surface area contributed by atoms with Gasteiger partial charge in [0.15, 0.2) is 0 Å². The molecule has 0 aromatic rings. The molecule has 0 aliphatic carbocycles. The molecule has 0 radical (unpaired) electrons. The lowest BCUT2D eigenvalue weighted by Gasteiger charge is -2.24. The van der Waals surface area contributed by atoms with Gasteiger partial charge >= 0.3 is 0 Å². The zero-order valence-electron chi connectivity index (χ0n) is 8.30. The van der Waals surface area contributed by atoms with Crippen molar-refractivity contribution in [2.45, 2.75) is 13.8 Å². The molecule has 0 atom stereocenters. The van der Waals surface area contributed by atoms with E-state index in [1.807, 2.05) is 0 Å². The molecule has 2 heteroatoms. The van der Waals surface area contributed by atoms with Crippen LogP contribution in [0.25, 0.3) is 0 Å². The second-order valence-corrected chi connectivity index (χ2v) is 4.77. The van der Waals surface area contributed by atoms with Gasteiger partial charge in [-0.05, 0) is 5.92 Å². The molecule has 1 fully saturated rings. The minimum absolute atomic E-state index is 0.813. The minimum Gasteiger partial charge on any atom is -0.315 e. The highest BCUT2D eigenvalue weighted by molar-refractivity contribution is 4.60. The maximum Gasteiger partial charge on any atom is 0.134 e. The van der Waals surface area contributed by atoms with Crippen molar-refractivity contribution in [2.24, 2.45) is 5.92 Å². The van der Waals surface area contributed by atoms with Crippen LogP contribution >= 0.6 is 0 Å². The first kappa shape index (κ1) is 9.01. The van der Waals surface area contributed by atoms with Crippen LogP contribution in [0.4, 0.5) is 0 Å². The highest BCUT2D eigenvalue weighted by atomic mass is 15.5. The molecule has 0 N–H and O–H groups in total. The molecule has 1 aliphatic heterocycles. The average molecular weight is 157 g/mol. The maximum atomic E-state index is 2.56. The Balaban J connectivity index is 2.31. The van der Waals surface area contributed by atoms with E-state index in [9.17, 15) is 0 Å². The topological polar surface area (TPSA) is 3.24 Å². The summed E-state index contributed by atoms with van der Waals surface area (Å²) in [7, 11) is 4.61. The van der Waals surface area contributed by atoms with Gasteiger partial charge in [-0.25, -0.2) is 0 Å². The zero-order chi connectivity index (χ0) is 8.48. The molecule has 0 bridgehead atoms. The van der Waals surface area contributed by atoms with Crippen molar-refractivity contribution in [1.82, 2.24) is 4.90 Å². The van der Waals surface area contributed by atoms with Crippen LogP contribution in [0.5, 0.6) is 0 Å². The summed E-state index contributed by atoms with van der Waals surface area (Å²) in [6.07, 6.45) is 0. The van der Waals surface area contributed by atoms with Crippen LogP contribution in [0.3, 0.4) is 0 Å². The van der Waals surface area contributed by atoms with Crippen LogP contribution in [-0.2, 0) is 0 Å². The molecule has 1 aliphatic rings. The summed E-state index contributed by atoms with van der Waals surface area (Å²) >= 11 is 0. The molecule has 0 aromatic carbocycles. The Labute approximate surface area is 70.4 Å². The second kappa shape index (κ2) is 3.11. The number of hydrogen-bond acceptors (Lipinski definition) is 1. The first-order valence-electron chi connectivity index (χ1n) is 4.54. The van der Waals surface area contributed by atoms with Crippen molar-refractivity contribution in [2.75, 3.05) is 40.4 Å². The largest absolute Gasteiger partial charge is 0.315 e. The predicted octanol–water partition coefficient (Wildman–Crippen LogP) is 0.992. The third-order valence-electron chi connectivity index (χ3n) is 2.23. The zero-order valence-corrected chi connectivity index (χ0v) is 8.30. The Hall–Kier alpha value is -0.0800. The van der Waals surface area contributed by atoms with Gasteiger partial charge in [0, 0.05) is 6.54 Å². The van der Waals surface area contributed by atoms with Crippen LogP contribution in [0.2, 0.25) is 0 Å². The minimum atomic E-state index is 0.813. The first-order chi connectivity index (χ1) is 4.99. The van der Waals surface area contributed by atoms with Crippen molar-refractivity contribution in [1.29, 1.82) is 0 Å². The van der Waals surface area contributed by atoms with Crippen molar-refractivity contribution < 1.29 is 4.48 Å². The van der Waals surface area contributed by atoms with Gasteiger partial charge in [0.25, 0.3) is 0 Å². The van der Waals surface area contributed by atoms with E-state index in [0.717, 1.165) is 5.92 Å². The standard InChI is InChI=1S/C9H21N2/c1-9(2)7-10-5-6-11(3,4)8-10/h9H,5-8H2,1-4H3/q+1. The van der Waals surface area contributed by atoms with Crippen LogP contribution < -0.4 is 0 Å². The number of likely N-dealkylation sites (N-methyl/N-ethyl adjacent to an activating group) is 1. The SMILES string of the molecule is CC(C)CN1CC[N+](C)(C)C1. The van der Waals surface area contributed by atoms with Gasteiger partial charge in [-0.15, -0.1) is 0 Å². The summed E-state index contributed by atoms with van der Waals surface area (Å²) in [6.45, 7) is 9.68. The number of nitrogens with zero attached hydrogens (tertiary/aromatic N) is 2. The van der Waals surface area contributed by atoms with Crippen molar-refractivity contribution in [3.05, 3.63) is 0 Å². The van der Waals surface area contributed by atoms with Crippen molar-refractivity contribution in [3.63, 3.8) is 0 Å². The quantitative estimate of drug-likeness (QED) is 0.540. The number of hydrogen-bond donors (Lipinski definition) is 0. The summed E-state index contributed by atoms with van der Waals surface area (Å²) in [4.78, 5) is 2.56. The smallest absolute Gasteiger partial charge is 0.134 e. The normalized spacial score (nSPS) is 24.8. The van der Waals surface area contributed by atoms with Gasteiger partial charge in [0.1, 0.15) is 6.67 Å². The van der Waals surface area contributed by atoms with Crippen LogP contribution in [0.1, 0.15) is 13.8 Å². The van der Waals surface area contributed by atoms with Crippen LogP contribution in [0, 0.1) is 5.92 Å². The van der Waals surface area contributed by atoms with Crippen molar-refractivity contribution in [3.8, 4) is 0 Å². The summed E-state index contributed by atoms with van der Waals surface area (Å²) in [6, 6.07) is 0. The molecule has 2 nitrogen and oxygen atoms in total. The van der Waals surface area contributed by atoms with Gasteiger partial charge in [0.05, 0.1) is 27.2 Å². The van der Waals surface area contributed by atoms with E-state index in [1.54, 1.807) is 0 Å². The molecule has 1 saturated heterocycles. The van der Waals surface area contributed by atoms with E-state index >= 15 is 0 Å². The molecule has 0 saturated carbocycles. The van der Waals surface area contributed by atoms with Crippen LogP contribution in [0.15, 0.2) is 0 Å². The van der Waals surface area contributed by atoms with E-state index in [4.69, 9.17) is 0 Å². The molecule has 0 spiro atoms. The van der Waals surface area contributed by atoms with Gasteiger partial charge in [0.2, 0.25) is 0 Å². The van der Waals surface area contributed by atoms with Crippen molar-refractivity contribution >= 4 is 0 Å². The monoisotopic (exact) mass is 157 g/mol. The van der Waals surface area contributed by atoms with Gasteiger partial charge < -0.3 is 4.48 Å². The van der Waals surface area contributed by atoms with Crippen LogP contribution in [-0.4, -0.2) is 49.8 Å². The highest BCUT2D eigenvalue weighted by Gasteiger charge is 2.28. The van der Waals surface area contributed by atoms with E-state index in [0.29, 0.717) is 0 Å². The lowest BCUT2D eigenvalue weighted by molar-refractivity contribution is -0.882. The van der Waals surface area contributed by atoms with Gasteiger partial charge in [-0.3, -0.25) is 4.90 Å². The Morgan fingerprint density at radius 2 is 2.00 bits per heavy atom. The summed E-state index contributed by atoms with van der Waals surface area (Å²) in [5, 5.41) is 0.